The maximum Gasteiger partial charge on any atom is 0.280 e. The van der Waals surface area contributed by atoms with E-state index in [-0.39, 0.29) is 17.1 Å². The van der Waals surface area contributed by atoms with Gasteiger partial charge in [-0.3, -0.25) is 15.2 Å². The standard InChI is InChI=1S/C7H10N8O/c8-6(9)14-15-7-12-4-3(5(16)13-7)10-1-2-11-4/h1-2,6,14H,8-9H2,(H2,11,12,13,15,16). The molecule has 0 aromatic carbocycles. The highest BCUT2D eigenvalue weighted by Gasteiger charge is 2.04. The first-order chi connectivity index (χ1) is 7.66. The van der Waals surface area contributed by atoms with E-state index in [0.29, 0.717) is 0 Å². The van der Waals surface area contributed by atoms with Crippen LogP contribution in [0.1, 0.15) is 0 Å². The minimum absolute atomic E-state index is 0.166. The predicted molar refractivity (Wildman–Crippen MR) is 56.9 cm³/mol. The van der Waals surface area contributed by atoms with Crippen molar-refractivity contribution in [2.24, 2.45) is 11.5 Å². The van der Waals surface area contributed by atoms with Gasteiger partial charge in [0.05, 0.1) is 0 Å². The number of nitrogens with zero attached hydrogens (tertiary/aromatic N) is 3. The highest BCUT2D eigenvalue weighted by molar-refractivity contribution is 5.68. The maximum absolute atomic E-state index is 11.5. The molecule has 0 fully saturated rings. The molecule has 2 aromatic heterocycles. The second-order valence-electron chi connectivity index (χ2n) is 2.94. The molecule has 2 heterocycles. The largest absolute Gasteiger partial charge is 0.302 e. The first-order valence-corrected chi connectivity index (χ1v) is 4.40. The van der Waals surface area contributed by atoms with Crippen molar-refractivity contribution in [1.29, 1.82) is 0 Å². The zero-order valence-electron chi connectivity index (χ0n) is 8.14. The van der Waals surface area contributed by atoms with E-state index in [1.165, 1.54) is 12.4 Å². The van der Waals surface area contributed by atoms with Crippen LogP contribution in [0.2, 0.25) is 0 Å². The molecule has 2 aromatic rings. The normalized spacial score (nSPS) is 10.9. The van der Waals surface area contributed by atoms with Crippen LogP contribution in [0.3, 0.4) is 0 Å². The molecule has 0 saturated carbocycles. The van der Waals surface area contributed by atoms with Crippen LogP contribution < -0.4 is 27.9 Å². The molecule has 7 N–H and O–H groups in total. The molecule has 0 amide bonds. The summed E-state index contributed by atoms with van der Waals surface area (Å²) in [5.74, 6) is 0.166. The van der Waals surface area contributed by atoms with Gasteiger partial charge in [0, 0.05) is 12.4 Å². The molecule has 2 rings (SSSR count). The maximum atomic E-state index is 11.5. The molecule has 16 heavy (non-hydrogen) atoms. The predicted octanol–water partition coefficient (Wildman–Crippen LogP) is -2.17. The second kappa shape index (κ2) is 4.18. The van der Waals surface area contributed by atoms with Crippen LogP contribution in [0.15, 0.2) is 17.2 Å². The zero-order chi connectivity index (χ0) is 11.5. The Hall–Kier alpha value is -2.10. The van der Waals surface area contributed by atoms with Crippen molar-refractivity contribution < 1.29 is 0 Å². The van der Waals surface area contributed by atoms with Gasteiger partial charge in [0.1, 0.15) is 6.29 Å². The summed E-state index contributed by atoms with van der Waals surface area (Å²) >= 11 is 0. The average molecular weight is 222 g/mol. The van der Waals surface area contributed by atoms with Crippen molar-refractivity contribution >= 4 is 17.1 Å². The van der Waals surface area contributed by atoms with Gasteiger partial charge >= 0.3 is 0 Å². The van der Waals surface area contributed by atoms with Gasteiger partial charge in [0.15, 0.2) is 11.2 Å². The third kappa shape index (κ3) is 2.11. The van der Waals surface area contributed by atoms with Gasteiger partial charge in [0.25, 0.3) is 5.56 Å². The Labute approximate surface area is 89.3 Å². The van der Waals surface area contributed by atoms with E-state index < -0.39 is 11.8 Å². The van der Waals surface area contributed by atoms with Gasteiger partial charge in [-0.25, -0.2) is 15.4 Å². The molecular weight excluding hydrogens is 212 g/mol. The molecule has 0 aliphatic rings. The number of hydrazine groups is 1. The Balaban J connectivity index is 2.38. The van der Waals surface area contributed by atoms with Gasteiger partial charge in [-0.15, -0.1) is 0 Å². The molecule has 84 valence electrons. The molecule has 0 saturated heterocycles. The van der Waals surface area contributed by atoms with Gasteiger partial charge in [0.2, 0.25) is 5.95 Å². The van der Waals surface area contributed by atoms with E-state index >= 15 is 0 Å². The Bertz CT molecular complexity index is 549. The summed E-state index contributed by atoms with van der Waals surface area (Å²) in [6, 6.07) is 0. The fourth-order valence-electron chi connectivity index (χ4n) is 1.08. The lowest BCUT2D eigenvalue weighted by Crippen LogP contribution is -2.48. The van der Waals surface area contributed by atoms with E-state index in [2.05, 4.69) is 30.8 Å². The number of anilines is 1. The van der Waals surface area contributed by atoms with E-state index in [1.807, 2.05) is 0 Å². The zero-order valence-corrected chi connectivity index (χ0v) is 8.14. The number of H-pyrrole nitrogens is 1. The third-order valence-electron chi connectivity index (χ3n) is 1.70. The highest BCUT2D eigenvalue weighted by atomic mass is 16.1. The van der Waals surface area contributed by atoms with Crippen LogP contribution in [0.25, 0.3) is 11.2 Å². The van der Waals surface area contributed by atoms with Crippen LogP contribution >= 0.6 is 0 Å². The van der Waals surface area contributed by atoms with E-state index in [0.717, 1.165) is 0 Å². The van der Waals surface area contributed by atoms with Crippen molar-refractivity contribution in [3.05, 3.63) is 22.7 Å². The van der Waals surface area contributed by atoms with Crippen molar-refractivity contribution in [1.82, 2.24) is 25.4 Å². The second-order valence-corrected chi connectivity index (χ2v) is 2.94. The minimum Gasteiger partial charge on any atom is -0.302 e. The summed E-state index contributed by atoms with van der Waals surface area (Å²) in [6.45, 7) is 0. The average Bonchev–Trinajstić information content (AvgIpc) is 2.26. The molecule has 9 heteroatoms. The Morgan fingerprint density at radius 1 is 1.31 bits per heavy atom. The fourth-order valence-corrected chi connectivity index (χ4v) is 1.08. The summed E-state index contributed by atoms with van der Waals surface area (Å²) in [4.78, 5) is 25.7. The Kier molecular flexibility index (Phi) is 2.72. The smallest absolute Gasteiger partial charge is 0.280 e. The number of hydrogen-bond donors (Lipinski definition) is 5. The number of rotatable bonds is 3. The summed E-state index contributed by atoms with van der Waals surface area (Å²) in [7, 11) is 0. The van der Waals surface area contributed by atoms with Crippen LogP contribution in [-0.2, 0) is 0 Å². The summed E-state index contributed by atoms with van der Waals surface area (Å²) in [5, 5.41) is 0. The number of hydrogen-bond acceptors (Lipinski definition) is 8. The summed E-state index contributed by atoms with van der Waals surface area (Å²) < 4.78 is 0. The van der Waals surface area contributed by atoms with Crippen molar-refractivity contribution in [3.8, 4) is 0 Å². The first kappa shape index (κ1) is 10.4. The number of aromatic nitrogens is 4. The molecular formula is C7H10N8O. The number of fused-ring (bicyclic) bond motifs is 1. The minimum atomic E-state index is -0.775. The summed E-state index contributed by atoms with van der Waals surface area (Å²) in [5.41, 5.74) is 15.5. The molecule has 0 spiro atoms. The third-order valence-corrected chi connectivity index (χ3v) is 1.70. The van der Waals surface area contributed by atoms with E-state index in [1.54, 1.807) is 0 Å². The SMILES string of the molecule is NC(N)NNc1nc2nccnc2c(=O)[nH]1. The van der Waals surface area contributed by atoms with Crippen LogP contribution in [0.5, 0.6) is 0 Å². The van der Waals surface area contributed by atoms with Crippen molar-refractivity contribution in [3.63, 3.8) is 0 Å². The molecule has 0 radical (unpaired) electrons. The van der Waals surface area contributed by atoms with Gasteiger partial charge < -0.3 is 11.5 Å². The number of nitrogens with two attached hydrogens (primary N) is 2. The monoisotopic (exact) mass is 222 g/mol. The highest BCUT2D eigenvalue weighted by Crippen LogP contribution is 2.00. The lowest BCUT2D eigenvalue weighted by molar-refractivity contribution is 0.599. The number of nitrogens with one attached hydrogen (secondary N) is 3. The number of aromatic amines is 1. The topological polar surface area (TPSA) is 148 Å². The fraction of sp³-hybridized carbons (Fsp3) is 0.143. The Morgan fingerprint density at radius 3 is 2.81 bits per heavy atom. The molecule has 0 unspecified atom stereocenters. The Morgan fingerprint density at radius 2 is 2.06 bits per heavy atom. The quantitative estimate of drug-likeness (QED) is 0.291. The lowest BCUT2D eigenvalue weighted by Gasteiger charge is -2.09. The molecule has 0 aliphatic heterocycles. The lowest BCUT2D eigenvalue weighted by atomic mass is 10.5. The van der Waals surface area contributed by atoms with Gasteiger partial charge in [-0.2, -0.15) is 4.98 Å². The van der Waals surface area contributed by atoms with E-state index in [4.69, 9.17) is 11.5 Å². The first-order valence-electron chi connectivity index (χ1n) is 4.40. The molecule has 0 aliphatic carbocycles. The molecule has 0 atom stereocenters. The van der Waals surface area contributed by atoms with E-state index in [9.17, 15) is 4.79 Å². The molecule has 9 nitrogen and oxygen atoms in total. The van der Waals surface area contributed by atoms with Gasteiger partial charge in [-0.05, 0) is 0 Å². The van der Waals surface area contributed by atoms with Gasteiger partial charge in [-0.1, -0.05) is 0 Å². The summed E-state index contributed by atoms with van der Waals surface area (Å²) in [6.07, 6.45) is 2.09. The van der Waals surface area contributed by atoms with Crippen LogP contribution in [0.4, 0.5) is 5.95 Å². The van der Waals surface area contributed by atoms with Crippen molar-refractivity contribution in [2.75, 3.05) is 5.43 Å². The van der Waals surface area contributed by atoms with Crippen molar-refractivity contribution in [2.45, 2.75) is 6.29 Å². The molecule has 0 bridgehead atoms. The van der Waals surface area contributed by atoms with Crippen LogP contribution in [0, 0.1) is 0 Å². The van der Waals surface area contributed by atoms with Crippen LogP contribution in [-0.4, -0.2) is 26.2 Å².